The zero-order chi connectivity index (χ0) is 17.8. The predicted octanol–water partition coefficient (Wildman–Crippen LogP) is 4.14. The Labute approximate surface area is 150 Å². The second-order valence-corrected chi connectivity index (χ2v) is 6.51. The average molecular weight is 360 g/mol. The van der Waals surface area contributed by atoms with Crippen LogP contribution in [0.1, 0.15) is 24.8 Å². The molecule has 1 heterocycles. The number of nitrogens with one attached hydrogen (secondary N) is 1. The summed E-state index contributed by atoms with van der Waals surface area (Å²) in [5.74, 6) is -0.180. The lowest BCUT2D eigenvalue weighted by Crippen LogP contribution is -2.28. The van der Waals surface area contributed by atoms with Gasteiger partial charge in [0.25, 0.3) is 0 Å². The van der Waals surface area contributed by atoms with Crippen LogP contribution < -0.4 is 5.32 Å². The molecule has 0 saturated carbocycles. The number of fused-ring (bicyclic) bond motifs is 1. The van der Waals surface area contributed by atoms with Crippen molar-refractivity contribution in [1.29, 1.82) is 0 Å². The number of carbonyl (C=O) groups excluding carboxylic acids is 1. The van der Waals surface area contributed by atoms with Crippen molar-refractivity contribution in [2.45, 2.75) is 25.8 Å². The van der Waals surface area contributed by atoms with E-state index in [1.165, 1.54) is 12.1 Å². The number of nitrogens with zero attached hydrogens (tertiary/aromatic N) is 2. The molecule has 3 rings (SSSR count). The van der Waals surface area contributed by atoms with Crippen LogP contribution in [0.2, 0.25) is 5.02 Å². The molecule has 0 aliphatic heterocycles. The zero-order valence-electron chi connectivity index (χ0n) is 13.9. The van der Waals surface area contributed by atoms with Crippen LogP contribution in [-0.4, -0.2) is 22.2 Å². The Balaban J connectivity index is 1.52. The summed E-state index contributed by atoms with van der Waals surface area (Å²) >= 11 is 6.02. The largest absolute Gasteiger partial charge is 0.355 e. The minimum Gasteiger partial charge on any atom is -0.355 e. The van der Waals surface area contributed by atoms with Gasteiger partial charge < -0.3 is 5.32 Å². The van der Waals surface area contributed by atoms with E-state index in [0.717, 1.165) is 16.5 Å². The molecule has 0 bridgehead atoms. The third-order valence-corrected chi connectivity index (χ3v) is 4.44. The molecule has 0 aliphatic carbocycles. The number of amides is 1. The summed E-state index contributed by atoms with van der Waals surface area (Å²) in [5, 5.41) is 8.86. The van der Waals surface area contributed by atoms with Crippen molar-refractivity contribution >= 4 is 28.4 Å². The summed E-state index contributed by atoms with van der Waals surface area (Å²) in [4.78, 5) is 12.1. The quantitative estimate of drug-likeness (QED) is 0.719. The molecule has 1 atom stereocenters. The topological polar surface area (TPSA) is 46.9 Å². The van der Waals surface area contributed by atoms with Gasteiger partial charge in [0.2, 0.25) is 5.91 Å². The van der Waals surface area contributed by atoms with E-state index in [9.17, 15) is 9.18 Å². The molecule has 4 nitrogen and oxygen atoms in total. The van der Waals surface area contributed by atoms with E-state index in [0.29, 0.717) is 24.5 Å². The van der Waals surface area contributed by atoms with E-state index < -0.39 is 0 Å². The normalized spacial score (nSPS) is 12.3. The van der Waals surface area contributed by atoms with Crippen molar-refractivity contribution in [3.8, 4) is 0 Å². The molecule has 1 unspecified atom stereocenters. The molecule has 3 aromatic rings. The molecule has 0 radical (unpaired) electrons. The minimum absolute atomic E-state index is 0.0420. The number of halogens is 2. The maximum absolute atomic E-state index is 12.9. The van der Waals surface area contributed by atoms with Crippen molar-refractivity contribution in [3.63, 3.8) is 0 Å². The van der Waals surface area contributed by atoms with Gasteiger partial charge in [-0.2, -0.15) is 5.10 Å². The summed E-state index contributed by atoms with van der Waals surface area (Å²) in [6.07, 6.45) is 2.10. The Morgan fingerprint density at radius 2 is 2.04 bits per heavy atom. The lowest BCUT2D eigenvalue weighted by Gasteiger charge is -2.13. The summed E-state index contributed by atoms with van der Waals surface area (Å²) in [6, 6.07) is 11.9. The first-order valence-electron chi connectivity index (χ1n) is 8.16. The van der Waals surface area contributed by atoms with E-state index in [1.807, 2.05) is 25.1 Å². The van der Waals surface area contributed by atoms with Crippen molar-refractivity contribution in [2.24, 2.45) is 0 Å². The van der Waals surface area contributed by atoms with E-state index >= 15 is 0 Å². The van der Waals surface area contributed by atoms with E-state index in [-0.39, 0.29) is 17.6 Å². The van der Waals surface area contributed by atoms with Crippen molar-refractivity contribution in [1.82, 2.24) is 15.1 Å². The lowest BCUT2D eigenvalue weighted by molar-refractivity contribution is -0.121. The fourth-order valence-electron chi connectivity index (χ4n) is 2.69. The highest BCUT2D eigenvalue weighted by Gasteiger charge is 2.10. The van der Waals surface area contributed by atoms with Gasteiger partial charge in [-0.25, -0.2) is 4.39 Å². The molecule has 1 aromatic heterocycles. The maximum atomic E-state index is 12.9. The number of aryl methyl sites for hydroxylation is 1. The number of hydrogen-bond donors (Lipinski definition) is 1. The molecular weight excluding hydrogens is 341 g/mol. The van der Waals surface area contributed by atoms with Gasteiger partial charge in [0, 0.05) is 23.4 Å². The van der Waals surface area contributed by atoms with Gasteiger partial charge in [-0.1, -0.05) is 30.7 Å². The molecule has 0 spiro atoms. The van der Waals surface area contributed by atoms with Crippen LogP contribution in [0.15, 0.2) is 48.7 Å². The molecule has 2 aromatic carbocycles. The summed E-state index contributed by atoms with van der Waals surface area (Å²) in [6.45, 7) is 2.99. The number of benzene rings is 2. The molecule has 1 N–H and O–H groups in total. The van der Waals surface area contributed by atoms with E-state index in [4.69, 9.17) is 11.6 Å². The van der Waals surface area contributed by atoms with Gasteiger partial charge in [-0.3, -0.25) is 9.48 Å². The fraction of sp³-hybridized carbons (Fsp3) is 0.263. The van der Waals surface area contributed by atoms with Gasteiger partial charge in [0.1, 0.15) is 5.82 Å². The summed E-state index contributed by atoms with van der Waals surface area (Å²) in [5.41, 5.74) is 1.91. The molecule has 130 valence electrons. The molecule has 25 heavy (non-hydrogen) atoms. The maximum Gasteiger partial charge on any atom is 0.221 e. The van der Waals surface area contributed by atoms with Gasteiger partial charge >= 0.3 is 0 Å². The monoisotopic (exact) mass is 359 g/mol. The van der Waals surface area contributed by atoms with Crippen molar-refractivity contribution in [2.75, 3.05) is 6.54 Å². The SMILES string of the molecule is CC(CNC(=O)CCn1ncc2ccc(Cl)cc21)c1ccc(F)cc1. The number of carbonyl (C=O) groups is 1. The first-order chi connectivity index (χ1) is 12.0. The highest BCUT2D eigenvalue weighted by Crippen LogP contribution is 2.19. The molecular formula is C19H19ClFN3O. The smallest absolute Gasteiger partial charge is 0.221 e. The highest BCUT2D eigenvalue weighted by atomic mass is 35.5. The second-order valence-electron chi connectivity index (χ2n) is 6.08. The van der Waals surface area contributed by atoms with Gasteiger partial charge in [0.05, 0.1) is 18.3 Å². The summed E-state index contributed by atoms with van der Waals surface area (Å²) in [7, 11) is 0. The number of aromatic nitrogens is 2. The van der Waals surface area contributed by atoms with E-state index in [1.54, 1.807) is 23.0 Å². The minimum atomic E-state index is -0.258. The molecule has 0 fully saturated rings. The zero-order valence-corrected chi connectivity index (χ0v) is 14.6. The third-order valence-electron chi connectivity index (χ3n) is 4.20. The first kappa shape index (κ1) is 17.4. The fourth-order valence-corrected chi connectivity index (χ4v) is 2.86. The van der Waals surface area contributed by atoms with Crippen molar-refractivity contribution in [3.05, 3.63) is 65.1 Å². The lowest BCUT2D eigenvalue weighted by atomic mass is 10.0. The number of hydrogen-bond acceptors (Lipinski definition) is 2. The van der Waals surface area contributed by atoms with E-state index in [2.05, 4.69) is 10.4 Å². The van der Waals surface area contributed by atoms with Gasteiger partial charge in [-0.15, -0.1) is 0 Å². The Hall–Kier alpha value is -2.40. The Morgan fingerprint density at radius 3 is 2.80 bits per heavy atom. The second kappa shape index (κ2) is 7.66. The van der Waals surface area contributed by atoms with Crippen LogP contribution in [0.4, 0.5) is 4.39 Å². The molecule has 1 amide bonds. The highest BCUT2D eigenvalue weighted by molar-refractivity contribution is 6.31. The molecule has 0 saturated heterocycles. The molecule has 0 aliphatic rings. The Bertz CT molecular complexity index is 876. The van der Waals surface area contributed by atoms with Crippen LogP contribution >= 0.6 is 11.6 Å². The first-order valence-corrected chi connectivity index (χ1v) is 8.54. The van der Waals surface area contributed by atoms with Gasteiger partial charge in [0.15, 0.2) is 0 Å². The average Bonchev–Trinajstić information content (AvgIpc) is 3.00. The van der Waals surface area contributed by atoms with Crippen LogP contribution in [0, 0.1) is 5.82 Å². The molecule has 6 heteroatoms. The predicted molar refractivity (Wildman–Crippen MR) is 97.2 cm³/mol. The Kier molecular flexibility index (Phi) is 5.34. The summed E-state index contributed by atoms with van der Waals surface area (Å²) < 4.78 is 14.7. The third kappa shape index (κ3) is 4.37. The van der Waals surface area contributed by atoms with Crippen LogP contribution in [-0.2, 0) is 11.3 Å². The van der Waals surface area contributed by atoms with Crippen molar-refractivity contribution < 1.29 is 9.18 Å². The van der Waals surface area contributed by atoms with Gasteiger partial charge in [-0.05, 0) is 41.8 Å². The number of rotatable bonds is 6. The Morgan fingerprint density at radius 1 is 1.28 bits per heavy atom. The van der Waals surface area contributed by atoms with Crippen LogP contribution in [0.25, 0.3) is 10.9 Å². The standard InChI is InChI=1S/C19H19ClFN3O/c1-13(14-3-6-17(21)7-4-14)11-22-19(25)8-9-24-18-10-16(20)5-2-15(18)12-23-24/h2-7,10,12-13H,8-9,11H2,1H3,(H,22,25). The van der Waals surface area contributed by atoms with Crippen LogP contribution in [0.5, 0.6) is 0 Å². The van der Waals surface area contributed by atoms with Crippen LogP contribution in [0.3, 0.4) is 0 Å².